The summed E-state index contributed by atoms with van der Waals surface area (Å²) in [6, 6.07) is 0. The molecular weight excluding hydrogens is 308 g/mol. The van der Waals surface area contributed by atoms with Crippen molar-refractivity contribution in [2.24, 2.45) is 0 Å². The molecule has 0 saturated heterocycles. The van der Waals surface area contributed by atoms with Crippen LogP contribution in [0, 0.1) is 0 Å². The summed E-state index contributed by atoms with van der Waals surface area (Å²) >= 11 is 0. The molecule has 0 bridgehead atoms. The van der Waals surface area contributed by atoms with Crippen LogP contribution in [-0.4, -0.2) is 82.9 Å². The van der Waals surface area contributed by atoms with Crippen LogP contribution in [0.4, 0.5) is 0 Å². The molecule has 0 aliphatic carbocycles. The summed E-state index contributed by atoms with van der Waals surface area (Å²) < 4.78 is 57.3. The van der Waals surface area contributed by atoms with Gasteiger partial charge in [0.25, 0.3) is 20.2 Å². The second-order valence-corrected chi connectivity index (χ2v) is 5.78. The predicted molar refractivity (Wildman–Crippen MR) is 55.2 cm³/mol. The molecule has 0 heterocycles. The van der Waals surface area contributed by atoms with Crippen molar-refractivity contribution in [3.05, 3.63) is 0 Å². The molecule has 0 aromatic rings. The van der Waals surface area contributed by atoms with Gasteiger partial charge in [0.2, 0.25) is 0 Å². The number of unbranched alkanes of at least 4 members (excludes halogenated alkanes) is 2. The van der Waals surface area contributed by atoms with E-state index in [2.05, 4.69) is 0 Å². The Hall–Kier alpha value is 1.30. The predicted octanol–water partition coefficient (Wildman–Crippen LogP) is -0.984. The zero-order chi connectivity index (χ0) is 10.5. The van der Waals surface area contributed by atoms with Gasteiger partial charge < -0.3 is 0 Å². The molecule has 0 aliphatic rings. The van der Waals surface area contributed by atoms with Crippen molar-refractivity contribution >= 4 is 65.7 Å². The quantitative estimate of drug-likeness (QED) is 0.369. The minimum atomic E-state index is -3.95. The van der Waals surface area contributed by atoms with Gasteiger partial charge in [-0.1, -0.05) is 6.42 Å². The standard InChI is InChI=1S/C5H12O6S2.Sr.2H/c6-12(7,8)4-2-1-3-5-13(9,10)11;;;/h1-5H2,(H,6,7,8)(H,9,10,11);;;. The van der Waals surface area contributed by atoms with Gasteiger partial charge in [-0.25, -0.2) is 0 Å². The Balaban J connectivity index is 0. The van der Waals surface area contributed by atoms with Gasteiger partial charge in [0.1, 0.15) is 0 Å². The molecule has 0 radical (unpaired) electrons. The van der Waals surface area contributed by atoms with Crippen LogP contribution in [0.1, 0.15) is 19.3 Å². The molecule has 84 valence electrons. The van der Waals surface area contributed by atoms with Crippen molar-refractivity contribution in [3.8, 4) is 0 Å². The first-order valence-corrected chi connectivity index (χ1v) is 6.83. The second kappa shape index (κ2) is 7.55. The maximum atomic E-state index is 10.2. The van der Waals surface area contributed by atoms with Gasteiger partial charge in [-0.15, -0.1) is 0 Å². The van der Waals surface area contributed by atoms with Crippen LogP contribution in [0.3, 0.4) is 0 Å². The van der Waals surface area contributed by atoms with Crippen LogP contribution in [0.15, 0.2) is 0 Å². The maximum absolute atomic E-state index is 10.2. The fourth-order valence-corrected chi connectivity index (χ4v) is 1.88. The van der Waals surface area contributed by atoms with Crippen molar-refractivity contribution in [2.45, 2.75) is 19.3 Å². The van der Waals surface area contributed by atoms with Crippen molar-refractivity contribution in [2.75, 3.05) is 11.5 Å². The summed E-state index contributed by atoms with van der Waals surface area (Å²) in [5.41, 5.74) is 0. The minimum absolute atomic E-state index is 0. The Kier molecular flexibility index (Phi) is 9.54. The van der Waals surface area contributed by atoms with E-state index in [0.717, 1.165) is 0 Å². The van der Waals surface area contributed by atoms with E-state index in [9.17, 15) is 16.8 Å². The van der Waals surface area contributed by atoms with Crippen molar-refractivity contribution in [1.82, 2.24) is 0 Å². The molecule has 0 aromatic carbocycles. The van der Waals surface area contributed by atoms with Crippen molar-refractivity contribution < 1.29 is 25.9 Å². The average Bonchev–Trinajstić information content (AvgIpc) is 1.81. The van der Waals surface area contributed by atoms with Gasteiger partial charge in [0.15, 0.2) is 0 Å². The Labute approximate surface area is 121 Å². The molecule has 0 atom stereocenters. The first-order valence-electron chi connectivity index (χ1n) is 3.61. The van der Waals surface area contributed by atoms with E-state index in [1.165, 1.54) is 0 Å². The van der Waals surface area contributed by atoms with Crippen LogP contribution in [0.5, 0.6) is 0 Å². The van der Waals surface area contributed by atoms with Crippen LogP contribution < -0.4 is 0 Å². The normalized spacial score (nSPS) is 12.1. The Bertz CT molecular complexity index is 297. The third-order valence-electron chi connectivity index (χ3n) is 1.30. The summed E-state index contributed by atoms with van der Waals surface area (Å²) in [6.07, 6.45) is 0.711. The van der Waals surface area contributed by atoms with Crippen LogP contribution in [0.2, 0.25) is 0 Å². The third-order valence-corrected chi connectivity index (χ3v) is 2.91. The van der Waals surface area contributed by atoms with Gasteiger partial charge in [-0.3, -0.25) is 9.11 Å². The molecule has 0 rings (SSSR count). The van der Waals surface area contributed by atoms with E-state index in [-0.39, 0.29) is 69.8 Å². The summed E-state index contributed by atoms with van der Waals surface area (Å²) in [4.78, 5) is 0. The van der Waals surface area contributed by atoms with Gasteiger partial charge in [-0.2, -0.15) is 16.8 Å². The summed E-state index contributed by atoms with van der Waals surface area (Å²) in [5.74, 6) is -0.753. The first-order chi connectivity index (χ1) is 5.71. The molecule has 0 spiro atoms. The molecule has 0 saturated carbocycles. The zero-order valence-corrected chi connectivity index (χ0v) is 8.51. The van der Waals surface area contributed by atoms with Crippen LogP contribution >= 0.6 is 0 Å². The molecule has 0 aliphatic heterocycles. The van der Waals surface area contributed by atoms with E-state index in [0.29, 0.717) is 6.42 Å². The van der Waals surface area contributed by atoms with E-state index in [1.54, 1.807) is 0 Å². The van der Waals surface area contributed by atoms with E-state index in [4.69, 9.17) is 9.11 Å². The number of hydrogen-bond donors (Lipinski definition) is 2. The number of hydrogen-bond acceptors (Lipinski definition) is 4. The second-order valence-electron chi connectivity index (χ2n) is 2.63. The average molecular weight is 322 g/mol. The Morgan fingerprint density at radius 1 is 0.714 bits per heavy atom. The van der Waals surface area contributed by atoms with Gasteiger partial charge in [0.05, 0.1) is 11.5 Å². The third kappa shape index (κ3) is 15.8. The molecular formula is C5H14O6S2Sr. The van der Waals surface area contributed by atoms with Gasteiger partial charge in [-0.05, 0) is 12.8 Å². The summed E-state index contributed by atoms with van der Waals surface area (Å²) in [7, 11) is -7.90. The SMILES string of the molecule is O=S(=O)(O)CCCCCS(=O)(=O)O.[SrH2]. The van der Waals surface area contributed by atoms with Gasteiger partial charge in [0, 0.05) is 0 Å². The van der Waals surface area contributed by atoms with Crippen LogP contribution in [-0.2, 0) is 20.2 Å². The molecule has 0 fully saturated rings. The molecule has 0 unspecified atom stereocenters. The molecule has 2 N–H and O–H groups in total. The Morgan fingerprint density at radius 3 is 1.21 bits per heavy atom. The molecule has 0 aromatic heterocycles. The van der Waals surface area contributed by atoms with E-state index >= 15 is 0 Å². The van der Waals surface area contributed by atoms with Crippen LogP contribution in [0.25, 0.3) is 0 Å². The topological polar surface area (TPSA) is 109 Å². The van der Waals surface area contributed by atoms with Crippen molar-refractivity contribution in [1.29, 1.82) is 0 Å². The molecule has 14 heavy (non-hydrogen) atoms. The molecule has 9 heteroatoms. The summed E-state index contributed by atoms with van der Waals surface area (Å²) in [6.45, 7) is 0. The van der Waals surface area contributed by atoms with E-state index in [1.807, 2.05) is 0 Å². The zero-order valence-electron chi connectivity index (χ0n) is 6.88. The van der Waals surface area contributed by atoms with Gasteiger partial charge >= 0.3 is 45.5 Å². The van der Waals surface area contributed by atoms with E-state index < -0.39 is 20.2 Å². The summed E-state index contributed by atoms with van der Waals surface area (Å²) in [5, 5.41) is 0. The first kappa shape index (κ1) is 17.7. The molecule has 0 amide bonds. The number of rotatable bonds is 6. The van der Waals surface area contributed by atoms with Crippen molar-refractivity contribution in [3.63, 3.8) is 0 Å². The fraction of sp³-hybridized carbons (Fsp3) is 1.00. The Morgan fingerprint density at radius 2 is 1.00 bits per heavy atom. The monoisotopic (exact) mass is 322 g/mol. The fourth-order valence-electron chi connectivity index (χ4n) is 0.746. The molecule has 6 nitrogen and oxygen atoms in total.